The van der Waals surface area contributed by atoms with Gasteiger partial charge >= 0.3 is 5.97 Å². The molecule has 1 saturated heterocycles. The minimum Gasteiger partial charge on any atom is -0.465 e. The summed E-state index contributed by atoms with van der Waals surface area (Å²) in [5.74, 6) is -1.44. The lowest BCUT2D eigenvalue weighted by molar-refractivity contribution is -0.122. The van der Waals surface area contributed by atoms with E-state index < -0.39 is 11.9 Å². The van der Waals surface area contributed by atoms with Gasteiger partial charge in [-0.25, -0.2) is 4.79 Å². The largest absolute Gasteiger partial charge is 0.465 e. The SMILES string of the molecule is COC(=O)c1cc(NC(=O)C2CC(=O)N(c3ccc(SC)cc3)C2)ccc1Cl. The molecule has 6 nitrogen and oxygen atoms in total. The molecule has 28 heavy (non-hydrogen) atoms. The van der Waals surface area contributed by atoms with Crippen LogP contribution in [0.5, 0.6) is 0 Å². The van der Waals surface area contributed by atoms with Crippen LogP contribution < -0.4 is 10.2 Å². The molecule has 3 rings (SSSR count). The van der Waals surface area contributed by atoms with Gasteiger partial charge in [0.25, 0.3) is 0 Å². The number of carbonyl (C=O) groups excluding carboxylic acids is 3. The fourth-order valence-corrected chi connectivity index (χ4v) is 3.61. The average molecular weight is 419 g/mol. The summed E-state index contributed by atoms with van der Waals surface area (Å²) < 4.78 is 4.68. The number of halogens is 1. The molecule has 146 valence electrons. The molecule has 1 unspecified atom stereocenters. The number of ether oxygens (including phenoxy) is 1. The molecule has 1 aliphatic rings. The van der Waals surface area contributed by atoms with E-state index in [1.165, 1.54) is 19.2 Å². The predicted molar refractivity (Wildman–Crippen MR) is 110 cm³/mol. The summed E-state index contributed by atoms with van der Waals surface area (Å²) in [6.07, 6.45) is 2.12. The second-order valence-corrected chi connectivity index (χ2v) is 7.57. The summed E-state index contributed by atoms with van der Waals surface area (Å²) in [5, 5.41) is 2.99. The van der Waals surface area contributed by atoms with Crippen molar-refractivity contribution in [3.05, 3.63) is 53.1 Å². The zero-order valence-electron chi connectivity index (χ0n) is 15.4. The molecule has 0 aromatic heterocycles. The molecule has 1 aliphatic heterocycles. The van der Waals surface area contributed by atoms with Gasteiger partial charge in [-0.3, -0.25) is 9.59 Å². The second kappa shape index (κ2) is 8.67. The molecule has 1 atom stereocenters. The van der Waals surface area contributed by atoms with E-state index in [0.717, 1.165) is 10.6 Å². The molecule has 2 aromatic rings. The first kappa shape index (κ1) is 20.2. The van der Waals surface area contributed by atoms with Gasteiger partial charge < -0.3 is 15.0 Å². The maximum absolute atomic E-state index is 12.6. The Morgan fingerprint density at radius 2 is 1.93 bits per heavy atom. The summed E-state index contributed by atoms with van der Waals surface area (Å²) >= 11 is 7.62. The number of carbonyl (C=O) groups is 3. The van der Waals surface area contributed by atoms with Crippen molar-refractivity contribution in [3.63, 3.8) is 0 Å². The third kappa shape index (κ3) is 4.31. The molecule has 2 amide bonds. The molecule has 0 aliphatic carbocycles. The number of nitrogens with zero attached hydrogens (tertiary/aromatic N) is 1. The molecule has 0 bridgehead atoms. The molecule has 2 aromatic carbocycles. The zero-order valence-corrected chi connectivity index (χ0v) is 17.0. The monoisotopic (exact) mass is 418 g/mol. The Bertz CT molecular complexity index is 917. The summed E-state index contributed by atoms with van der Waals surface area (Å²) in [6.45, 7) is 0.306. The minimum atomic E-state index is -0.586. The number of methoxy groups -OCH3 is 1. The number of amides is 2. The minimum absolute atomic E-state index is 0.0941. The van der Waals surface area contributed by atoms with Gasteiger partial charge in [0.2, 0.25) is 11.8 Å². The fraction of sp³-hybridized carbons (Fsp3) is 0.250. The normalized spacial score (nSPS) is 16.2. The van der Waals surface area contributed by atoms with Crippen LogP contribution in [-0.2, 0) is 14.3 Å². The van der Waals surface area contributed by atoms with Crippen LogP contribution in [0, 0.1) is 5.92 Å². The van der Waals surface area contributed by atoms with Crippen LogP contribution in [-0.4, -0.2) is 37.7 Å². The number of benzene rings is 2. The van der Waals surface area contributed by atoms with Gasteiger partial charge in [-0.05, 0) is 48.7 Å². The Hall–Kier alpha value is -2.51. The highest BCUT2D eigenvalue weighted by atomic mass is 35.5. The van der Waals surface area contributed by atoms with Crippen molar-refractivity contribution < 1.29 is 19.1 Å². The maximum Gasteiger partial charge on any atom is 0.339 e. The van der Waals surface area contributed by atoms with Crippen molar-refractivity contribution in [1.29, 1.82) is 0 Å². The van der Waals surface area contributed by atoms with Gasteiger partial charge in [0.15, 0.2) is 0 Å². The summed E-state index contributed by atoms with van der Waals surface area (Å²) in [5.41, 5.74) is 1.36. The number of thioether (sulfide) groups is 1. The number of hydrogen-bond donors (Lipinski definition) is 1. The first-order valence-corrected chi connectivity index (χ1v) is 10.2. The molecular formula is C20H19ClN2O4S. The molecular weight excluding hydrogens is 400 g/mol. The first-order valence-electron chi connectivity index (χ1n) is 8.56. The van der Waals surface area contributed by atoms with E-state index in [-0.39, 0.29) is 28.8 Å². The topological polar surface area (TPSA) is 75.7 Å². The highest BCUT2D eigenvalue weighted by Gasteiger charge is 2.35. The van der Waals surface area contributed by atoms with Crippen molar-refractivity contribution in [1.82, 2.24) is 0 Å². The van der Waals surface area contributed by atoms with E-state index in [0.29, 0.717) is 12.2 Å². The number of anilines is 2. The second-order valence-electron chi connectivity index (χ2n) is 6.28. The van der Waals surface area contributed by atoms with Crippen LogP contribution >= 0.6 is 23.4 Å². The van der Waals surface area contributed by atoms with E-state index in [9.17, 15) is 14.4 Å². The van der Waals surface area contributed by atoms with Crippen molar-refractivity contribution >= 4 is 52.5 Å². The highest BCUT2D eigenvalue weighted by molar-refractivity contribution is 7.98. The lowest BCUT2D eigenvalue weighted by atomic mass is 10.1. The van der Waals surface area contributed by atoms with E-state index in [1.807, 2.05) is 30.5 Å². The van der Waals surface area contributed by atoms with Crippen LogP contribution in [0.25, 0.3) is 0 Å². The Labute approximate surface area is 172 Å². The zero-order chi connectivity index (χ0) is 20.3. The molecule has 0 radical (unpaired) electrons. The number of hydrogen-bond acceptors (Lipinski definition) is 5. The van der Waals surface area contributed by atoms with Gasteiger partial charge in [0.05, 0.1) is 23.6 Å². The molecule has 0 saturated carbocycles. The Morgan fingerprint density at radius 1 is 1.21 bits per heavy atom. The molecule has 0 spiro atoms. The fourth-order valence-electron chi connectivity index (χ4n) is 3.01. The van der Waals surface area contributed by atoms with E-state index in [4.69, 9.17) is 11.6 Å². The van der Waals surface area contributed by atoms with Crippen LogP contribution in [0.3, 0.4) is 0 Å². The molecule has 1 N–H and O–H groups in total. The number of nitrogens with one attached hydrogen (secondary N) is 1. The lowest BCUT2D eigenvalue weighted by Crippen LogP contribution is -2.28. The molecule has 1 fully saturated rings. The van der Waals surface area contributed by atoms with Crippen molar-refractivity contribution in [2.24, 2.45) is 5.92 Å². The quantitative estimate of drug-likeness (QED) is 0.589. The third-order valence-electron chi connectivity index (χ3n) is 4.52. The van der Waals surface area contributed by atoms with E-state index in [2.05, 4.69) is 10.1 Å². The van der Waals surface area contributed by atoms with Crippen LogP contribution in [0.4, 0.5) is 11.4 Å². The first-order chi connectivity index (χ1) is 13.4. The van der Waals surface area contributed by atoms with Gasteiger partial charge in [-0.2, -0.15) is 0 Å². The highest BCUT2D eigenvalue weighted by Crippen LogP contribution is 2.28. The van der Waals surface area contributed by atoms with Crippen molar-refractivity contribution in [2.75, 3.05) is 30.1 Å². The Morgan fingerprint density at radius 3 is 2.57 bits per heavy atom. The van der Waals surface area contributed by atoms with Crippen molar-refractivity contribution in [2.45, 2.75) is 11.3 Å². The predicted octanol–water partition coefficient (Wildman–Crippen LogP) is 3.84. The van der Waals surface area contributed by atoms with Gasteiger partial charge in [0.1, 0.15) is 0 Å². The average Bonchev–Trinajstić information content (AvgIpc) is 3.10. The van der Waals surface area contributed by atoms with E-state index >= 15 is 0 Å². The number of rotatable bonds is 5. The van der Waals surface area contributed by atoms with Crippen LogP contribution in [0.1, 0.15) is 16.8 Å². The number of esters is 1. The Balaban J connectivity index is 1.70. The summed E-state index contributed by atoms with van der Waals surface area (Å²) in [7, 11) is 1.26. The third-order valence-corrected chi connectivity index (χ3v) is 5.59. The van der Waals surface area contributed by atoms with Crippen molar-refractivity contribution in [3.8, 4) is 0 Å². The summed E-state index contributed by atoms with van der Waals surface area (Å²) in [6, 6.07) is 12.2. The van der Waals surface area contributed by atoms with Crippen LogP contribution in [0.15, 0.2) is 47.4 Å². The van der Waals surface area contributed by atoms with E-state index in [1.54, 1.807) is 22.7 Å². The lowest BCUT2D eigenvalue weighted by Gasteiger charge is -2.17. The van der Waals surface area contributed by atoms with Gasteiger partial charge in [-0.15, -0.1) is 11.8 Å². The summed E-state index contributed by atoms with van der Waals surface area (Å²) in [4.78, 5) is 39.5. The van der Waals surface area contributed by atoms with Gasteiger partial charge in [0, 0.05) is 29.2 Å². The molecule has 8 heteroatoms. The standard InChI is InChI=1S/C20H19ClN2O4S/c1-27-20(26)16-10-13(3-8-17(16)21)22-19(25)12-9-18(24)23(11-12)14-4-6-15(28-2)7-5-14/h3-8,10,12H,9,11H2,1-2H3,(H,22,25). The maximum atomic E-state index is 12.6. The van der Waals surface area contributed by atoms with Gasteiger partial charge in [-0.1, -0.05) is 11.6 Å². The smallest absolute Gasteiger partial charge is 0.339 e. The molecule has 1 heterocycles. The van der Waals surface area contributed by atoms with Crippen LogP contribution in [0.2, 0.25) is 5.02 Å². The Kier molecular flexibility index (Phi) is 6.26.